The summed E-state index contributed by atoms with van der Waals surface area (Å²) in [6.45, 7) is 4.39. The Morgan fingerprint density at radius 1 is 0.667 bits per heavy atom. The summed E-state index contributed by atoms with van der Waals surface area (Å²) in [6.07, 6.45) is 0. The molecule has 0 aromatic heterocycles. The van der Waals surface area contributed by atoms with Gasteiger partial charge >= 0.3 is 0 Å². The SMILES string of the molecule is CC(C)NC(c1ccccc1)C(Nc1ccc(Cl)cc1)c1cccc2ccccc12. The van der Waals surface area contributed by atoms with Crippen LogP contribution in [0.15, 0.2) is 97.1 Å². The molecule has 2 N–H and O–H groups in total. The third-order valence-electron chi connectivity index (χ3n) is 5.33. The minimum absolute atomic E-state index is 0.0297. The second-order valence-corrected chi connectivity index (χ2v) is 8.34. The summed E-state index contributed by atoms with van der Waals surface area (Å²) in [7, 11) is 0. The fourth-order valence-electron chi connectivity index (χ4n) is 3.99. The van der Waals surface area contributed by atoms with E-state index in [1.54, 1.807) is 0 Å². The molecule has 2 atom stereocenters. The molecule has 2 nitrogen and oxygen atoms in total. The first-order chi connectivity index (χ1) is 14.6. The summed E-state index contributed by atoms with van der Waals surface area (Å²) in [5.74, 6) is 0. The zero-order valence-electron chi connectivity index (χ0n) is 17.3. The molecule has 0 saturated carbocycles. The summed E-state index contributed by atoms with van der Waals surface area (Å²) >= 11 is 6.13. The number of anilines is 1. The van der Waals surface area contributed by atoms with Gasteiger partial charge in [0.2, 0.25) is 0 Å². The Balaban J connectivity index is 1.86. The lowest BCUT2D eigenvalue weighted by molar-refractivity contribution is 0.433. The Kier molecular flexibility index (Phi) is 6.37. The van der Waals surface area contributed by atoms with Gasteiger partial charge in [-0.15, -0.1) is 0 Å². The summed E-state index contributed by atoms with van der Waals surface area (Å²) in [5, 5.41) is 10.8. The largest absolute Gasteiger partial charge is 0.376 e. The zero-order chi connectivity index (χ0) is 20.9. The normalized spacial score (nSPS) is 13.3. The monoisotopic (exact) mass is 414 g/mol. The van der Waals surface area contributed by atoms with Gasteiger partial charge < -0.3 is 10.6 Å². The lowest BCUT2D eigenvalue weighted by atomic mass is 9.89. The predicted molar refractivity (Wildman–Crippen MR) is 129 cm³/mol. The van der Waals surface area contributed by atoms with Crippen molar-refractivity contribution in [3.8, 4) is 0 Å². The van der Waals surface area contributed by atoms with Crippen LogP contribution in [0.1, 0.15) is 37.1 Å². The Morgan fingerprint density at radius 3 is 2.07 bits per heavy atom. The maximum atomic E-state index is 6.13. The average molecular weight is 415 g/mol. The van der Waals surface area contributed by atoms with E-state index < -0.39 is 0 Å². The number of rotatable bonds is 7. The van der Waals surface area contributed by atoms with Gasteiger partial charge in [0.15, 0.2) is 0 Å². The average Bonchev–Trinajstić information content (AvgIpc) is 2.77. The van der Waals surface area contributed by atoms with E-state index in [2.05, 4.69) is 97.3 Å². The molecule has 0 fully saturated rings. The highest BCUT2D eigenvalue weighted by molar-refractivity contribution is 6.30. The standard InChI is InChI=1S/C27H27ClN2/c1-19(2)29-26(21-10-4-3-5-11-21)27(30-23-17-15-22(28)16-18-23)25-14-8-12-20-9-6-7-13-24(20)25/h3-19,26-27,29-30H,1-2H3. The molecule has 0 saturated heterocycles. The molecule has 4 rings (SSSR count). The summed E-state index contributed by atoms with van der Waals surface area (Å²) in [5.41, 5.74) is 3.57. The van der Waals surface area contributed by atoms with E-state index in [1.807, 2.05) is 24.3 Å². The van der Waals surface area contributed by atoms with Gasteiger partial charge in [0.1, 0.15) is 0 Å². The van der Waals surface area contributed by atoms with Gasteiger partial charge in [-0.1, -0.05) is 98.2 Å². The number of hydrogen-bond donors (Lipinski definition) is 2. The Bertz CT molecular complexity index is 1090. The van der Waals surface area contributed by atoms with Crippen LogP contribution in [0.25, 0.3) is 10.8 Å². The van der Waals surface area contributed by atoms with Gasteiger partial charge in [0.05, 0.1) is 12.1 Å². The molecule has 4 aromatic carbocycles. The Labute approximate surface area is 183 Å². The van der Waals surface area contributed by atoms with Crippen LogP contribution in [0.4, 0.5) is 5.69 Å². The molecule has 152 valence electrons. The predicted octanol–water partition coefficient (Wildman–Crippen LogP) is 7.39. The first kappa shape index (κ1) is 20.5. The molecule has 0 amide bonds. The smallest absolute Gasteiger partial charge is 0.0714 e. The third kappa shape index (κ3) is 4.67. The van der Waals surface area contributed by atoms with Gasteiger partial charge in [-0.2, -0.15) is 0 Å². The van der Waals surface area contributed by atoms with Crippen molar-refractivity contribution in [2.75, 3.05) is 5.32 Å². The van der Waals surface area contributed by atoms with Gasteiger partial charge in [0.25, 0.3) is 0 Å². The molecule has 30 heavy (non-hydrogen) atoms. The van der Waals surface area contributed by atoms with Gasteiger partial charge in [-0.3, -0.25) is 0 Å². The van der Waals surface area contributed by atoms with Gasteiger partial charge in [-0.25, -0.2) is 0 Å². The van der Waals surface area contributed by atoms with Crippen molar-refractivity contribution >= 4 is 28.1 Å². The van der Waals surface area contributed by atoms with E-state index in [1.165, 1.54) is 21.9 Å². The van der Waals surface area contributed by atoms with Crippen molar-refractivity contribution in [3.63, 3.8) is 0 Å². The van der Waals surface area contributed by atoms with Crippen LogP contribution in [0.2, 0.25) is 5.02 Å². The van der Waals surface area contributed by atoms with Crippen LogP contribution < -0.4 is 10.6 Å². The summed E-state index contributed by atoms with van der Waals surface area (Å²) < 4.78 is 0. The molecule has 2 unspecified atom stereocenters. The molecule has 0 heterocycles. The number of nitrogens with one attached hydrogen (secondary N) is 2. The molecular formula is C27H27ClN2. The van der Waals surface area contributed by atoms with Crippen molar-refractivity contribution in [3.05, 3.63) is 113 Å². The zero-order valence-corrected chi connectivity index (χ0v) is 18.1. The van der Waals surface area contributed by atoms with Gasteiger partial charge in [-0.05, 0) is 46.2 Å². The van der Waals surface area contributed by atoms with Gasteiger partial charge in [0, 0.05) is 16.8 Å². The first-order valence-electron chi connectivity index (χ1n) is 10.4. The lowest BCUT2D eigenvalue weighted by Gasteiger charge is -2.33. The highest BCUT2D eigenvalue weighted by Crippen LogP contribution is 2.36. The molecule has 0 aliphatic carbocycles. The molecule has 4 aromatic rings. The first-order valence-corrected chi connectivity index (χ1v) is 10.8. The molecule has 0 spiro atoms. The fourth-order valence-corrected chi connectivity index (χ4v) is 4.12. The second-order valence-electron chi connectivity index (χ2n) is 7.91. The quantitative estimate of drug-likeness (QED) is 0.329. The maximum absolute atomic E-state index is 6.13. The van der Waals surface area contributed by atoms with Crippen molar-refractivity contribution in [2.24, 2.45) is 0 Å². The number of halogens is 1. The molecule has 0 aliphatic heterocycles. The van der Waals surface area contributed by atoms with E-state index in [4.69, 9.17) is 11.6 Å². The Morgan fingerprint density at radius 2 is 1.33 bits per heavy atom. The van der Waals surface area contributed by atoms with Crippen LogP contribution in [0.5, 0.6) is 0 Å². The molecule has 3 heteroatoms. The molecule has 0 bridgehead atoms. The highest BCUT2D eigenvalue weighted by Gasteiger charge is 2.26. The summed E-state index contributed by atoms with van der Waals surface area (Å²) in [6, 6.07) is 34.2. The number of hydrogen-bond acceptors (Lipinski definition) is 2. The highest BCUT2D eigenvalue weighted by atomic mass is 35.5. The molecule has 0 radical (unpaired) electrons. The van der Waals surface area contributed by atoms with E-state index in [0.29, 0.717) is 6.04 Å². The third-order valence-corrected chi connectivity index (χ3v) is 5.58. The number of fused-ring (bicyclic) bond motifs is 1. The van der Waals surface area contributed by atoms with Crippen molar-refractivity contribution in [1.29, 1.82) is 0 Å². The van der Waals surface area contributed by atoms with Crippen LogP contribution in [0, 0.1) is 0 Å². The van der Waals surface area contributed by atoms with Crippen molar-refractivity contribution in [1.82, 2.24) is 5.32 Å². The lowest BCUT2D eigenvalue weighted by Crippen LogP contribution is -2.35. The minimum atomic E-state index is 0.0297. The van der Waals surface area contributed by atoms with Crippen LogP contribution in [0.3, 0.4) is 0 Å². The van der Waals surface area contributed by atoms with E-state index >= 15 is 0 Å². The van der Waals surface area contributed by atoms with Crippen molar-refractivity contribution in [2.45, 2.75) is 32.0 Å². The molecular weight excluding hydrogens is 388 g/mol. The van der Waals surface area contributed by atoms with E-state index in [-0.39, 0.29) is 12.1 Å². The second kappa shape index (κ2) is 9.34. The minimum Gasteiger partial charge on any atom is -0.376 e. The van der Waals surface area contributed by atoms with E-state index in [9.17, 15) is 0 Å². The maximum Gasteiger partial charge on any atom is 0.0714 e. The Hall–Kier alpha value is -2.81. The van der Waals surface area contributed by atoms with Crippen LogP contribution >= 0.6 is 11.6 Å². The van der Waals surface area contributed by atoms with E-state index in [0.717, 1.165) is 10.7 Å². The number of benzene rings is 4. The van der Waals surface area contributed by atoms with Crippen LogP contribution in [-0.4, -0.2) is 6.04 Å². The fraction of sp³-hybridized carbons (Fsp3) is 0.185. The van der Waals surface area contributed by atoms with Crippen molar-refractivity contribution < 1.29 is 0 Å². The molecule has 0 aliphatic rings. The van der Waals surface area contributed by atoms with Crippen LogP contribution in [-0.2, 0) is 0 Å². The topological polar surface area (TPSA) is 24.1 Å². The summed E-state index contributed by atoms with van der Waals surface area (Å²) in [4.78, 5) is 0.